The molecule has 0 aliphatic heterocycles. The normalized spacial score (nSPS) is 10.5. The summed E-state index contributed by atoms with van der Waals surface area (Å²) in [5, 5.41) is 0. The first kappa shape index (κ1) is 14.0. The Bertz CT molecular complexity index is 549. The fourth-order valence-corrected chi connectivity index (χ4v) is 2.21. The van der Waals surface area contributed by atoms with Gasteiger partial charge in [0.05, 0.1) is 6.61 Å². The van der Waals surface area contributed by atoms with E-state index in [2.05, 4.69) is 50.2 Å². The van der Waals surface area contributed by atoms with Crippen LogP contribution in [-0.2, 0) is 0 Å². The Morgan fingerprint density at radius 3 is 2.42 bits per heavy atom. The Morgan fingerprint density at radius 2 is 1.68 bits per heavy atom. The summed E-state index contributed by atoms with van der Waals surface area (Å²) in [5.41, 5.74) is 5.05. The van der Waals surface area contributed by atoms with E-state index in [1.165, 1.54) is 22.3 Å². The van der Waals surface area contributed by atoms with Gasteiger partial charge in [-0.1, -0.05) is 30.3 Å². The quantitative estimate of drug-likeness (QED) is 0.552. The van der Waals surface area contributed by atoms with Gasteiger partial charge in [-0.2, -0.15) is 0 Å². The van der Waals surface area contributed by atoms with E-state index in [1.54, 1.807) is 0 Å². The monoisotopic (exact) mass is 274 g/mol. The van der Waals surface area contributed by atoms with Crippen LogP contribution in [0.3, 0.4) is 0 Å². The van der Waals surface area contributed by atoms with E-state index in [0.29, 0.717) is 12.5 Å². The van der Waals surface area contributed by atoms with Gasteiger partial charge in [-0.15, -0.1) is 11.6 Å². The maximum Gasteiger partial charge on any atom is 0.119 e. The summed E-state index contributed by atoms with van der Waals surface area (Å²) in [5.74, 6) is 1.55. The molecule has 2 aromatic rings. The third-order valence-electron chi connectivity index (χ3n) is 3.19. The zero-order valence-electron chi connectivity index (χ0n) is 11.4. The molecular weight excluding hydrogens is 256 g/mol. The number of alkyl halides is 1. The summed E-state index contributed by atoms with van der Waals surface area (Å²) < 4.78 is 5.72. The van der Waals surface area contributed by atoms with E-state index in [4.69, 9.17) is 16.3 Å². The summed E-state index contributed by atoms with van der Waals surface area (Å²) in [6.07, 6.45) is 0.870. The molecule has 0 amide bonds. The van der Waals surface area contributed by atoms with Crippen LogP contribution in [0, 0.1) is 13.8 Å². The van der Waals surface area contributed by atoms with E-state index in [-0.39, 0.29) is 0 Å². The molecule has 0 aliphatic carbocycles. The van der Waals surface area contributed by atoms with Gasteiger partial charge < -0.3 is 4.74 Å². The molecule has 0 unspecified atom stereocenters. The molecule has 0 bridgehead atoms. The number of ether oxygens (including phenoxy) is 1. The van der Waals surface area contributed by atoms with Crippen molar-refractivity contribution < 1.29 is 4.74 Å². The van der Waals surface area contributed by atoms with Gasteiger partial charge in [-0.3, -0.25) is 0 Å². The van der Waals surface area contributed by atoms with Crippen molar-refractivity contribution >= 4 is 11.6 Å². The smallest absolute Gasteiger partial charge is 0.119 e. The molecule has 0 saturated carbocycles. The van der Waals surface area contributed by atoms with Crippen molar-refractivity contribution in [3.05, 3.63) is 53.6 Å². The van der Waals surface area contributed by atoms with E-state index < -0.39 is 0 Å². The molecule has 100 valence electrons. The van der Waals surface area contributed by atoms with Crippen LogP contribution in [0.25, 0.3) is 11.1 Å². The molecular formula is C17H19ClO. The topological polar surface area (TPSA) is 9.23 Å². The van der Waals surface area contributed by atoms with Gasteiger partial charge in [0.1, 0.15) is 5.75 Å². The highest BCUT2D eigenvalue weighted by atomic mass is 35.5. The molecule has 2 aromatic carbocycles. The molecule has 0 N–H and O–H groups in total. The molecule has 2 rings (SSSR count). The second-order valence-corrected chi connectivity index (χ2v) is 5.06. The van der Waals surface area contributed by atoms with Crippen molar-refractivity contribution in [1.82, 2.24) is 0 Å². The predicted molar refractivity (Wildman–Crippen MR) is 82.2 cm³/mol. The van der Waals surface area contributed by atoms with E-state index >= 15 is 0 Å². The van der Waals surface area contributed by atoms with Crippen LogP contribution < -0.4 is 4.74 Å². The predicted octanol–water partition coefficient (Wildman–Crippen LogP) is 4.98. The van der Waals surface area contributed by atoms with Crippen LogP contribution in [0.15, 0.2) is 42.5 Å². The highest BCUT2D eigenvalue weighted by Gasteiger charge is 2.06. The van der Waals surface area contributed by atoms with Crippen molar-refractivity contribution in [2.24, 2.45) is 0 Å². The minimum Gasteiger partial charge on any atom is -0.494 e. The molecule has 0 heterocycles. The molecule has 0 spiro atoms. The summed E-state index contributed by atoms with van der Waals surface area (Å²) in [4.78, 5) is 0. The molecule has 0 fully saturated rings. The minimum atomic E-state index is 0.635. The molecule has 2 heteroatoms. The van der Waals surface area contributed by atoms with Crippen molar-refractivity contribution in [2.45, 2.75) is 20.3 Å². The lowest BCUT2D eigenvalue weighted by molar-refractivity contribution is 0.318. The van der Waals surface area contributed by atoms with Gasteiger partial charge >= 0.3 is 0 Å². The number of halogens is 1. The van der Waals surface area contributed by atoms with Gasteiger partial charge in [0.15, 0.2) is 0 Å². The van der Waals surface area contributed by atoms with Gasteiger partial charge in [0.2, 0.25) is 0 Å². The maximum atomic E-state index is 5.72. The Kier molecular flexibility index (Phi) is 4.86. The van der Waals surface area contributed by atoms with Crippen molar-refractivity contribution in [3.63, 3.8) is 0 Å². The van der Waals surface area contributed by atoms with Crippen LogP contribution in [0.5, 0.6) is 5.75 Å². The first-order chi connectivity index (χ1) is 9.22. The summed E-state index contributed by atoms with van der Waals surface area (Å²) in [6.45, 7) is 4.93. The average molecular weight is 275 g/mol. The van der Waals surface area contributed by atoms with Crippen LogP contribution in [-0.4, -0.2) is 12.5 Å². The largest absolute Gasteiger partial charge is 0.494 e. The van der Waals surface area contributed by atoms with Gasteiger partial charge in [-0.05, 0) is 54.7 Å². The molecule has 0 radical (unpaired) electrons. The number of benzene rings is 2. The Morgan fingerprint density at radius 1 is 0.947 bits per heavy atom. The second kappa shape index (κ2) is 6.63. The summed E-state index contributed by atoms with van der Waals surface area (Å²) >= 11 is 5.66. The summed E-state index contributed by atoms with van der Waals surface area (Å²) in [7, 11) is 0. The Hall–Kier alpha value is -1.47. The standard InChI is InChI=1S/C17H19ClO/c1-13-6-3-4-7-16(13)17-12-15(9-8-14(17)2)19-11-5-10-18/h3-4,6-9,12H,5,10-11H2,1-2H3. The third kappa shape index (κ3) is 3.51. The first-order valence-electron chi connectivity index (χ1n) is 6.58. The summed E-state index contributed by atoms with van der Waals surface area (Å²) in [6, 6.07) is 14.7. The maximum absolute atomic E-state index is 5.72. The van der Waals surface area contributed by atoms with Crippen LogP contribution >= 0.6 is 11.6 Å². The highest BCUT2D eigenvalue weighted by Crippen LogP contribution is 2.29. The highest BCUT2D eigenvalue weighted by molar-refractivity contribution is 6.17. The van der Waals surface area contributed by atoms with Crippen molar-refractivity contribution in [3.8, 4) is 16.9 Å². The SMILES string of the molecule is Cc1ccccc1-c1cc(OCCCCl)ccc1C. The molecule has 19 heavy (non-hydrogen) atoms. The lowest BCUT2D eigenvalue weighted by Crippen LogP contribution is -1.98. The van der Waals surface area contributed by atoms with Gasteiger partial charge in [0, 0.05) is 5.88 Å². The van der Waals surface area contributed by atoms with Crippen molar-refractivity contribution in [1.29, 1.82) is 0 Å². The lowest BCUT2D eigenvalue weighted by atomic mass is 9.96. The van der Waals surface area contributed by atoms with E-state index in [1.807, 2.05) is 6.07 Å². The number of aryl methyl sites for hydroxylation is 2. The lowest BCUT2D eigenvalue weighted by Gasteiger charge is -2.12. The van der Waals surface area contributed by atoms with Gasteiger partial charge in [-0.25, -0.2) is 0 Å². The molecule has 0 aliphatic rings. The Labute approximate surface area is 120 Å². The van der Waals surface area contributed by atoms with Crippen LogP contribution in [0.1, 0.15) is 17.5 Å². The van der Waals surface area contributed by atoms with Gasteiger partial charge in [0.25, 0.3) is 0 Å². The van der Waals surface area contributed by atoms with Crippen LogP contribution in [0.2, 0.25) is 0 Å². The molecule has 0 saturated heterocycles. The van der Waals surface area contributed by atoms with Crippen LogP contribution in [0.4, 0.5) is 0 Å². The van der Waals surface area contributed by atoms with E-state index in [9.17, 15) is 0 Å². The number of hydrogen-bond acceptors (Lipinski definition) is 1. The minimum absolute atomic E-state index is 0.635. The fraction of sp³-hybridized carbons (Fsp3) is 0.294. The Balaban J connectivity index is 2.30. The van der Waals surface area contributed by atoms with E-state index in [0.717, 1.165) is 12.2 Å². The number of rotatable bonds is 5. The number of hydrogen-bond donors (Lipinski definition) is 0. The molecule has 0 aromatic heterocycles. The average Bonchev–Trinajstić information content (AvgIpc) is 2.42. The van der Waals surface area contributed by atoms with Crippen molar-refractivity contribution in [2.75, 3.05) is 12.5 Å². The first-order valence-corrected chi connectivity index (χ1v) is 7.11. The second-order valence-electron chi connectivity index (χ2n) is 4.68. The third-order valence-corrected chi connectivity index (χ3v) is 3.46. The fourth-order valence-electron chi connectivity index (χ4n) is 2.10. The zero-order valence-corrected chi connectivity index (χ0v) is 12.2. The molecule has 1 nitrogen and oxygen atoms in total. The molecule has 0 atom stereocenters. The zero-order chi connectivity index (χ0) is 13.7.